The van der Waals surface area contributed by atoms with Gasteiger partial charge in [0, 0.05) is 47.3 Å². The summed E-state index contributed by atoms with van der Waals surface area (Å²) in [6.45, 7) is 3.99. The van der Waals surface area contributed by atoms with E-state index in [0.717, 1.165) is 22.6 Å². The highest BCUT2D eigenvalue weighted by atomic mass is 16.6. The summed E-state index contributed by atoms with van der Waals surface area (Å²) in [4.78, 5) is 18.5. The molecule has 0 unspecified atom stereocenters. The maximum atomic E-state index is 11.0. The van der Waals surface area contributed by atoms with Crippen LogP contribution < -0.4 is 5.43 Å². The van der Waals surface area contributed by atoms with Crippen molar-refractivity contribution in [2.45, 2.75) is 13.8 Å². The molecule has 8 heteroatoms. The Morgan fingerprint density at radius 2 is 2.00 bits per heavy atom. The predicted molar refractivity (Wildman–Crippen MR) is 95.1 cm³/mol. The molecule has 3 aromatic heterocycles. The molecule has 0 aliphatic rings. The van der Waals surface area contributed by atoms with Gasteiger partial charge in [0.2, 0.25) is 5.82 Å². The van der Waals surface area contributed by atoms with Crippen molar-refractivity contribution in [1.82, 2.24) is 14.5 Å². The van der Waals surface area contributed by atoms with Crippen molar-refractivity contribution < 1.29 is 4.92 Å². The Hall–Kier alpha value is -3.55. The molecule has 3 heterocycles. The lowest BCUT2D eigenvalue weighted by molar-refractivity contribution is -0.384. The Bertz CT molecular complexity index is 934. The number of anilines is 1. The highest BCUT2D eigenvalue weighted by Crippen LogP contribution is 2.21. The maximum Gasteiger partial charge on any atom is 0.313 e. The number of hydrazone groups is 1. The van der Waals surface area contributed by atoms with E-state index in [2.05, 4.69) is 25.1 Å². The Balaban J connectivity index is 1.85. The summed E-state index contributed by atoms with van der Waals surface area (Å²) in [6.07, 6.45) is 6.58. The van der Waals surface area contributed by atoms with E-state index < -0.39 is 4.92 Å². The number of nitrogens with one attached hydrogen (secondary N) is 1. The van der Waals surface area contributed by atoms with Crippen LogP contribution in [-0.4, -0.2) is 25.7 Å². The van der Waals surface area contributed by atoms with Crippen LogP contribution in [-0.2, 0) is 0 Å². The van der Waals surface area contributed by atoms with Crippen LogP contribution in [0.3, 0.4) is 0 Å². The van der Waals surface area contributed by atoms with Gasteiger partial charge < -0.3 is 4.57 Å². The van der Waals surface area contributed by atoms with E-state index in [4.69, 9.17) is 0 Å². The lowest BCUT2D eigenvalue weighted by Crippen LogP contribution is -2.00. The summed E-state index contributed by atoms with van der Waals surface area (Å²) in [7, 11) is 0. The van der Waals surface area contributed by atoms with Gasteiger partial charge in [-0.15, -0.1) is 0 Å². The highest BCUT2D eigenvalue weighted by molar-refractivity contribution is 5.82. The SMILES string of the molecule is Cc1cc(/C=N\Nc2ncccc2[N+](=O)[O-])c(C)n1-c1ccncc1. The lowest BCUT2D eigenvalue weighted by atomic mass is 10.2. The molecule has 3 aromatic rings. The zero-order valence-electron chi connectivity index (χ0n) is 13.7. The van der Waals surface area contributed by atoms with Gasteiger partial charge in [-0.05, 0) is 38.1 Å². The molecule has 0 atom stereocenters. The molecule has 8 nitrogen and oxygen atoms in total. The third kappa shape index (κ3) is 3.37. The minimum atomic E-state index is -0.500. The minimum absolute atomic E-state index is 0.103. The molecule has 126 valence electrons. The zero-order valence-corrected chi connectivity index (χ0v) is 13.7. The second kappa shape index (κ2) is 6.91. The van der Waals surface area contributed by atoms with E-state index in [0.29, 0.717) is 0 Å². The molecule has 1 N–H and O–H groups in total. The first-order valence-corrected chi connectivity index (χ1v) is 7.55. The molecule has 0 saturated heterocycles. The van der Waals surface area contributed by atoms with Crippen molar-refractivity contribution in [2.24, 2.45) is 5.10 Å². The molecule has 0 aromatic carbocycles. The summed E-state index contributed by atoms with van der Waals surface area (Å²) in [5.74, 6) is 0.103. The van der Waals surface area contributed by atoms with Gasteiger partial charge in [-0.2, -0.15) is 5.10 Å². The van der Waals surface area contributed by atoms with Crippen LogP contribution >= 0.6 is 0 Å². The predicted octanol–water partition coefficient (Wildman–Crippen LogP) is 3.24. The first kappa shape index (κ1) is 16.3. The molecular formula is C17H16N6O2. The van der Waals surface area contributed by atoms with E-state index in [9.17, 15) is 10.1 Å². The topological polar surface area (TPSA) is 98.2 Å². The number of aromatic nitrogens is 3. The number of nitrogens with zero attached hydrogens (tertiary/aromatic N) is 5. The van der Waals surface area contributed by atoms with Crippen LogP contribution in [0.5, 0.6) is 0 Å². The molecule has 0 saturated carbocycles. The van der Waals surface area contributed by atoms with Crippen molar-refractivity contribution >= 4 is 17.7 Å². The first-order chi connectivity index (χ1) is 12.1. The summed E-state index contributed by atoms with van der Waals surface area (Å²) in [6, 6.07) is 8.73. The standard InChI is InChI=1S/C17H16N6O2/c1-12-10-14(13(2)22(12)15-5-8-18-9-6-15)11-20-21-17-16(23(24)25)4-3-7-19-17/h3-11H,1-2H3,(H,19,21)/b20-11-. The number of aryl methyl sites for hydroxylation is 1. The summed E-state index contributed by atoms with van der Waals surface area (Å²) in [5, 5.41) is 15.1. The van der Waals surface area contributed by atoms with Crippen molar-refractivity contribution in [1.29, 1.82) is 0 Å². The summed E-state index contributed by atoms with van der Waals surface area (Å²) >= 11 is 0. The van der Waals surface area contributed by atoms with Crippen molar-refractivity contribution in [3.8, 4) is 5.69 Å². The minimum Gasteiger partial charge on any atom is -0.318 e. The largest absolute Gasteiger partial charge is 0.318 e. The molecule has 0 fully saturated rings. The average Bonchev–Trinajstić information content (AvgIpc) is 2.90. The van der Waals surface area contributed by atoms with E-state index in [1.807, 2.05) is 32.0 Å². The van der Waals surface area contributed by atoms with E-state index in [1.54, 1.807) is 18.6 Å². The van der Waals surface area contributed by atoms with Crippen LogP contribution in [0.4, 0.5) is 11.5 Å². The fraction of sp³-hybridized carbons (Fsp3) is 0.118. The normalized spacial score (nSPS) is 11.0. The second-order valence-electron chi connectivity index (χ2n) is 5.37. The summed E-state index contributed by atoms with van der Waals surface area (Å²) in [5.41, 5.74) is 6.48. The molecule has 0 aliphatic carbocycles. The fourth-order valence-corrected chi connectivity index (χ4v) is 2.60. The van der Waals surface area contributed by atoms with Gasteiger partial charge in [0.25, 0.3) is 0 Å². The Morgan fingerprint density at radius 3 is 2.72 bits per heavy atom. The van der Waals surface area contributed by atoms with Gasteiger partial charge in [-0.25, -0.2) is 4.98 Å². The third-order valence-electron chi connectivity index (χ3n) is 3.75. The van der Waals surface area contributed by atoms with Crippen LogP contribution in [0.2, 0.25) is 0 Å². The monoisotopic (exact) mass is 336 g/mol. The Kier molecular flexibility index (Phi) is 4.51. The molecule has 25 heavy (non-hydrogen) atoms. The average molecular weight is 336 g/mol. The van der Waals surface area contributed by atoms with Gasteiger partial charge in [0.05, 0.1) is 11.1 Å². The van der Waals surface area contributed by atoms with Gasteiger partial charge in [-0.1, -0.05) is 0 Å². The zero-order chi connectivity index (χ0) is 17.8. The molecule has 0 aliphatic heterocycles. The highest BCUT2D eigenvalue weighted by Gasteiger charge is 2.13. The maximum absolute atomic E-state index is 11.0. The Morgan fingerprint density at radius 1 is 1.24 bits per heavy atom. The lowest BCUT2D eigenvalue weighted by Gasteiger charge is -2.08. The molecule has 0 bridgehead atoms. The van der Waals surface area contributed by atoms with E-state index in [-0.39, 0.29) is 11.5 Å². The fourth-order valence-electron chi connectivity index (χ4n) is 2.60. The van der Waals surface area contributed by atoms with Crippen LogP contribution in [0.15, 0.2) is 54.0 Å². The van der Waals surface area contributed by atoms with Crippen LogP contribution in [0, 0.1) is 24.0 Å². The number of rotatable bonds is 5. The van der Waals surface area contributed by atoms with Gasteiger partial charge in [0.1, 0.15) is 0 Å². The van der Waals surface area contributed by atoms with Crippen LogP contribution in [0.25, 0.3) is 5.69 Å². The summed E-state index contributed by atoms with van der Waals surface area (Å²) < 4.78 is 2.09. The van der Waals surface area contributed by atoms with E-state index in [1.165, 1.54) is 18.3 Å². The van der Waals surface area contributed by atoms with E-state index >= 15 is 0 Å². The molecular weight excluding hydrogens is 320 g/mol. The number of hydrogen-bond acceptors (Lipinski definition) is 6. The Labute approximate surface area is 144 Å². The van der Waals surface area contributed by atoms with Crippen molar-refractivity contribution in [2.75, 3.05) is 5.43 Å². The molecule has 0 spiro atoms. The smallest absolute Gasteiger partial charge is 0.313 e. The van der Waals surface area contributed by atoms with Crippen molar-refractivity contribution in [3.63, 3.8) is 0 Å². The van der Waals surface area contributed by atoms with Crippen LogP contribution in [0.1, 0.15) is 17.0 Å². The third-order valence-corrected chi connectivity index (χ3v) is 3.75. The molecule has 0 radical (unpaired) electrons. The number of hydrogen-bond donors (Lipinski definition) is 1. The van der Waals surface area contributed by atoms with Crippen molar-refractivity contribution in [3.05, 3.63) is 76.0 Å². The van der Waals surface area contributed by atoms with Gasteiger partial charge in [0.15, 0.2) is 0 Å². The second-order valence-corrected chi connectivity index (χ2v) is 5.37. The van der Waals surface area contributed by atoms with Gasteiger partial charge >= 0.3 is 5.69 Å². The van der Waals surface area contributed by atoms with Gasteiger partial charge in [-0.3, -0.25) is 20.5 Å². The molecule has 0 amide bonds. The quantitative estimate of drug-likeness (QED) is 0.438. The molecule has 3 rings (SSSR count). The first-order valence-electron chi connectivity index (χ1n) is 7.55. The number of nitro groups is 1. The number of pyridine rings is 2.